The lowest BCUT2D eigenvalue weighted by molar-refractivity contribution is -0.118. The number of nitrogens with zero attached hydrogens (tertiary/aromatic N) is 1. The van der Waals surface area contributed by atoms with E-state index in [0.29, 0.717) is 22.6 Å². The zero-order valence-electron chi connectivity index (χ0n) is 17.9. The molecule has 0 fully saturated rings. The van der Waals surface area contributed by atoms with Crippen molar-refractivity contribution in [1.29, 1.82) is 0 Å². The third-order valence-corrected chi connectivity index (χ3v) is 4.94. The van der Waals surface area contributed by atoms with Crippen LogP contribution in [0.25, 0.3) is 0 Å². The smallest absolute Gasteiger partial charge is 0.271 e. The molecule has 170 valence electrons. The Morgan fingerprint density at radius 3 is 2.45 bits per heavy atom. The van der Waals surface area contributed by atoms with Crippen molar-refractivity contribution < 1.29 is 19.1 Å². The van der Waals surface area contributed by atoms with Crippen LogP contribution >= 0.6 is 23.2 Å². The van der Waals surface area contributed by atoms with Crippen molar-refractivity contribution in [1.82, 2.24) is 5.43 Å². The second-order valence-corrected chi connectivity index (χ2v) is 7.77. The van der Waals surface area contributed by atoms with Gasteiger partial charge in [-0.3, -0.25) is 9.59 Å². The Bertz CT molecular complexity index is 1170. The van der Waals surface area contributed by atoms with Crippen LogP contribution in [0.3, 0.4) is 0 Å². The Hall–Kier alpha value is -3.55. The Morgan fingerprint density at radius 1 is 1.03 bits per heavy atom. The summed E-state index contributed by atoms with van der Waals surface area (Å²) >= 11 is 12.5. The Labute approximate surface area is 201 Å². The quantitative estimate of drug-likeness (QED) is 0.343. The van der Waals surface area contributed by atoms with Crippen molar-refractivity contribution in [3.05, 3.63) is 87.4 Å². The van der Waals surface area contributed by atoms with Crippen LogP contribution in [0.2, 0.25) is 10.0 Å². The maximum Gasteiger partial charge on any atom is 0.271 e. The molecule has 0 atom stereocenters. The lowest BCUT2D eigenvalue weighted by Crippen LogP contribution is -2.20. The summed E-state index contributed by atoms with van der Waals surface area (Å²) in [6.45, 7) is 1.66. The van der Waals surface area contributed by atoms with Crippen molar-refractivity contribution in [3.8, 4) is 11.5 Å². The van der Waals surface area contributed by atoms with E-state index in [1.807, 2.05) is 25.1 Å². The molecule has 0 spiro atoms. The number of carbonyl (C=O) groups is 2. The number of anilines is 1. The van der Waals surface area contributed by atoms with Gasteiger partial charge in [-0.25, -0.2) is 5.43 Å². The number of benzene rings is 3. The summed E-state index contributed by atoms with van der Waals surface area (Å²) in [6.07, 6.45) is 1.39. The minimum atomic E-state index is -0.401. The molecule has 0 unspecified atom stereocenters. The van der Waals surface area contributed by atoms with E-state index in [4.69, 9.17) is 32.7 Å². The van der Waals surface area contributed by atoms with Gasteiger partial charge in [0.05, 0.1) is 23.4 Å². The highest BCUT2D eigenvalue weighted by Gasteiger charge is 2.12. The molecule has 33 heavy (non-hydrogen) atoms. The van der Waals surface area contributed by atoms with Crippen LogP contribution in [-0.2, 0) is 4.79 Å². The standard InChI is InChI=1S/C24H21Cl2N3O4/c1-15-5-3-7-18(9-15)28-22(30)14-33-23-20(25)10-16(11-21(23)26)13-27-29-24(31)17-6-4-8-19(12-17)32-2/h3-13H,14H2,1-2H3,(H,28,30)(H,29,31)/b27-13+. The number of ether oxygens (including phenoxy) is 2. The number of aryl methyl sites for hydroxylation is 1. The van der Waals surface area contributed by atoms with E-state index in [-0.39, 0.29) is 28.3 Å². The molecule has 0 aliphatic rings. The SMILES string of the molecule is COc1cccc(C(=O)N/N=C/c2cc(Cl)c(OCC(=O)Nc3cccc(C)c3)c(Cl)c2)c1. The van der Waals surface area contributed by atoms with E-state index in [1.54, 1.807) is 42.5 Å². The molecule has 3 aromatic rings. The molecular weight excluding hydrogens is 465 g/mol. The fraction of sp³-hybridized carbons (Fsp3) is 0.125. The zero-order chi connectivity index (χ0) is 23.8. The van der Waals surface area contributed by atoms with E-state index in [1.165, 1.54) is 13.3 Å². The van der Waals surface area contributed by atoms with Crippen LogP contribution in [0.1, 0.15) is 21.5 Å². The van der Waals surface area contributed by atoms with Crippen molar-refractivity contribution in [2.75, 3.05) is 19.0 Å². The molecule has 2 amide bonds. The second kappa shape index (κ2) is 11.4. The Balaban J connectivity index is 1.58. The molecule has 0 radical (unpaired) electrons. The molecule has 2 N–H and O–H groups in total. The van der Waals surface area contributed by atoms with Gasteiger partial charge in [0.25, 0.3) is 11.8 Å². The van der Waals surface area contributed by atoms with Gasteiger partial charge >= 0.3 is 0 Å². The maximum absolute atomic E-state index is 12.2. The third kappa shape index (κ3) is 6.97. The molecule has 3 aromatic carbocycles. The number of amides is 2. The van der Waals surface area contributed by atoms with Crippen molar-refractivity contribution in [2.24, 2.45) is 5.10 Å². The van der Waals surface area contributed by atoms with Gasteiger partial charge in [-0.2, -0.15) is 5.10 Å². The van der Waals surface area contributed by atoms with Crippen LogP contribution in [0.15, 0.2) is 65.8 Å². The Morgan fingerprint density at radius 2 is 1.76 bits per heavy atom. The molecule has 7 nitrogen and oxygen atoms in total. The summed E-state index contributed by atoms with van der Waals surface area (Å²) < 4.78 is 10.6. The fourth-order valence-electron chi connectivity index (χ4n) is 2.84. The van der Waals surface area contributed by atoms with Gasteiger partial charge < -0.3 is 14.8 Å². The van der Waals surface area contributed by atoms with E-state index in [9.17, 15) is 9.59 Å². The largest absolute Gasteiger partial charge is 0.497 e. The summed E-state index contributed by atoms with van der Waals surface area (Å²) in [4.78, 5) is 24.4. The minimum Gasteiger partial charge on any atom is -0.497 e. The summed E-state index contributed by atoms with van der Waals surface area (Å²) in [6, 6.07) is 17.2. The number of nitrogens with one attached hydrogen (secondary N) is 2. The van der Waals surface area contributed by atoms with Crippen LogP contribution < -0.4 is 20.2 Å². The number of carbonyl (C=O) groups excluding carboxylic acids is 2. The molecule has 0 aliphatic carbocycles. The monoisotopic (exact) mass is 485 g/mol. The number of halogens is 2. The van der Waals surface area contributed by atoms with Crippen molar-refractivity contribution >= 4 is 46.9 Å². The van der Waals surface area contributed by atoms with E-state index in [2.05, 4.69) is 15.8 Å². The average molecular weight is 486 g/mol. The highest BCUT2D eigenvalue weighted by Crippen LogP contribution is 2.33. The average Bonchev–Trinajstić information content (AvgIpc) is 2.78. The highest BCUT2D eigenvalue weighted by atomic mass is 35.5. The van der Waals surface area contributed by atoms with Crippen LogP contribution in [0.5, 0.6) is 11.5 Å². The third-order valence-electron chi connectivity index (χ3n) is 4.38. The van der Waals surface area contributed by atoms with Gasteiger partial charge in [-0.05, 0) is 60.5 Å². The lowest BCUT2D eigenvalue weighted by Gasteiger charge is -2.11. The number of rotatable bonds is 8. The number of hydrazone groups is 1. The molecule has 0 aromatic heterocycles. The molecule has 0 saturated carbocycles. The van der Waals surface area contributed by atoms with Gasteiger partial charge in [-0.1, -0.05) is 41.4 Å². The summed E-state index contributed by atoms with van der Waals surface area (Å²) in [7, 11) is 1.52. The second-order valence-electron chi connectivity index (χ2n) is 6.95. The molecule has 9 heteroatoms. The van der Waals surface area contributed by atoms with Gasteiger partial charge in [0.2, 0.25) is 0 Å². The van der Waals surface area contributed by atoms with E-state index >= 15 is 0 Å². The van der Waals surface area contributed by atoms with Crippen molar-refractivity contribution in [2.45, 2.75) is 6.92 Å². The molecular formula is C24H21Cl2N3O4. The number of methoxy groups -OCH3 is 1. The van der Waals surface area contributed by atoms with Gasteiger partial charge in [0.15, 0.2) is 12.4 Å². The zero-order valence-corrected chi connectivity index (χ0v) is 19.4. The first-order valence-corrected chi connectivity index (χ1v) is 10.6. The number of hydrogen-bond donors (Lipinski definition) is 2. The van der Waals surface area contributed by atoms with Crippen LogP contribution in [0, 0.1) is 6.92 Å². The van der Waals surface area contributed by atoms with E-state index < -0.39 is 5.91 Å². The van der Waals surface area contributed by atoms with E-state index in [0.717, 1.165) is 5.56 Å². The van der Waals surface area contributed by atoms with Gasteiger partial charge in [0.1, 0.15) is 5.75 Å². The van der Waals surface area contributed by atoms with Gasteiger partial charge in [0, 0.05) is 11.3 Å². The minimum absolute atomic E-state index is 0.176. The molecule has 0 aliphatic heterocycles. The topological polar surface area (TPSA) is 89.0 Å². The van der Waals surface area contributed by atoms with Crippen LogP contribution in [-0.4, -0.2) is 31.7 Å². The Kier molecular flexibility index (Phi) is 8.29. The summed E-state index contributed by atoms with van der Waals surface area (Å²) in [5.41, 5.74) is 5.05. The first-order chi connectivity index (χ1) is 15.9. The fourth-order valence-corrected chi connectivity index (χ4v) is 3.46. The molecule has 0 saturated heterocycles. The maximum atomic E-state index is 12.2. The highest BCUT2D eigenvalue weighted by molar-refractivity contribution is 6.37. The van der Waals surface area contributed by atoms with Gasteiger partial charge in [-0.15, -0.1) is 0 Å². The molecule has 0 heterocycles. The normalized spacial score (nSPS) is 10.7. The predicted molar refractivity (Wildman–Crippen MR) is 130 cm³/mol. The predicted octanol–water partition coefficient (Wildman–Crippen LogP) is 5.09. The summed E-state index contributed by atoms with van der Waals surface area (Å²) in [5.74, 6) is -0.0100. The first kappa shape index (κ1) is 24.1. The molecule has 0 bridgehead atoms. The summed E-state index contributed by atoms with van der Waals surface area (Å²) in [5, 5.41) is 7.07. The lowest BCUT2D eigenvalue weighted by atomic mass is 10.2. The number of hydrogen-bond acceptors (Lipinski definition) is 5. The van der Waals surface area contributed by atoms with Crippen LogP contribution in [0.4, 0.5) is 5.69 Å². The van der Waals surface area contributed by atoms with Crippen molar-refractivity contribution in [3.63, 3.8) is 0 Å². The molecule has 3 rings (SSSR count). The first-order valence-electron chi connectivity index (χ1n) is 9.81.